The summed E-state index contributed by atoms with van der Waals surface area (Å²) in [5.74, 6) is -0.778. The topological polar surface area (TPSA) is 113 Å². The Morgan fingerprint density at radius 3 is 2.06 bits per heavy atom. The predicted octanol–water partition coefficient (Wildman–Crippen LogP) is 4.68. The second-order valence-corrected chi connectivity index (χ2v) is 9.30. The molecule has 0 spiro atoms. The second kappa shape index (κ2) is 11.4. The van der Waals surface area contributed by atoms with Gasteiger partial charge in [-0.15, -0.1) is 0 Å². The molecule has 0 saturated heterocycles. The number of para-hydroxylation sites is 2. The van der Waals surface area contributed by atoms with Gasteiger partial charge in [0, 0.05) is 32.5 Å². The van der Waals surface area contributed by atoms with Crippen molar-refractivity contribution in [3.63, 3.8) is 0 Å². The van der Waals surface area contributed by atoms with Gasteiger partial charge >= 0.3 is 6.09 Å². The number of amides is 3. The van der Waals surface area contributed by atoms with Crippen LogP contribution in [0, 0.1) is 0 Å². The summed E-state index contributed by atoms with van der Waals surface area (Å²) < 4.78 is 5.27. The smallest absolute Gasteiger partial charge is 0.412 e. The van der Waals surface area contributed by atoms with Gasteiger partial charge in [0.2, 0.25) is 0 Å². The molecule has 0 unspecified atom stereocenters. The summed E-state index contributed by atoms with van der Waals surface area (Å²) in [6.45, 7) is 5.66. The lowest BCUT2D eigenvalue weighted by atomic mass is 10.2. The second-order valence-electron chi connectivity index (χ2n) is 9.30. The number of nitrogens with one attached hydrogen (secondary N) is 3. The summed E-state index contributed by atoms with van der Waals surface area (Å²) in [5.41, 5.74) is 2.62. The number of rotatable bonds is 7. The summed E-state index contributed by atoms with van der Waals surface area (Å²) in [7, 11) is 3.93. The van der Waals surface area contributed by atoms with Crippen molar-refractivity contribution in [1.82, 2.24) is 10.3 Å². The minimum Gasteiger partial charge on any atom is -0.444 e. The number of carbonyl (C=O) groups is 3. The molecule has 0 aliphatic rings. The van der Waals surface area contributed by atoms with Crippen LogP contribution in [0.3, 0.4) is 0 Å². The number of carbonyl (C=O) groups excluding carboxylic acids is 3. The summed E-state index contributed by atoms with van der Waals surface area (Å²) >= 11 is 0. The van der Waals surface area contributed by atoms with Gasteiger partial charge in [0.1, 0.15) is 11.3 Å². The first-order chi connectivity index (χ1) is 17.0. The molecular formula is C27H31N5O4. The lowest BCUT2D eigenvalue weighted by Crippen LogP contribution is -2.27. The number of hydrogen-bond acceptors (Lipinski definition) is 6. The highest BCUT2D eigenvalue weighted by molar-refractivity contribution is 6.06. The van der Waals surface area contributed by atoms with Crippen LogP contribution in [0.2, 0.25) is 0 Å². The number of hydrogen-bond donors (Lipinski definition) is 3. The predicted molar refractivity (Wildman–Crippen MR) is 140 cm³/mol. The SMILES string of the molecule is CN(C)c1ccc(CNC(=O)c2ccc(C(=O)Nc3ccccc3NC(=O)OC(C)(C)C)nc2)cc1. The molecule has 0 fully saturated rings. The van der Waals surface area contributed by atoms with Gasteiger partial charge in [0.25, 0.3) is 11.8 Å². The van der Waals surface area contributed by atoms with E-state index in [1.165, 1.54) is 18.3 Å². The van der Waals surface area contributed by atoms with E-state index in [4.69, 9.17) is 4.74 Å². The molecule has 9 heteroatoms. The van der Waals surface area contributed by atoms with Crippen molar-refractivity contribution in [3.05, 3.63) is 83.7 Å². The van der Waals surface area contributed by atoms with Crippen molar-refractivity contribution in [3.8, 4) is 0 Å². The highest BCUT2D eigenvalue weighted by Crippen LogP contribution is 2.22. The fourth-order valence-electron chi connectivity index (χ4n) is 3.16. The molecular weight excluding hydrogens is 458 g/mol. The van der Waals surface area contributed by atoms with Crippen LogP contribution in [0.1, 0.15) is 47.2 Å². The zero-order valence-corrected chi connectivity index (χ0v) is 21.1. The fourth-order valence-corrected chi connectivity index (χ4v) is 3.16. The van der Waals surface area contributed by atoms with Crippen molar-refractivity contribution >= 4 is 35.0 Å². The van der Waals surface area contributed by atoms with Gasteiger partial charge in [-0.1, -0.05) is 24.3 Å². The van der Waals surface area contributed by atoms with Crippen LogP contribution >= 0.6 is 0 Å². The Hall–Kier alpha value is -4.40. The molecule has 3 amide bonds. The molecule has 3 rings (SSSR count). The average molecular weight is 490 g/mol. The van der Waals surface area contributed by atoms with Crippen molar-refractivity contribution in [2.24, 2.45) is 0 Å². The quantitative estimate of drug-likeness (QED) is 0.444. The Morgan fingerprint density at radius 1 is 0.861 bits per heavy atom. The monoisotopic (exact) mass is 489 g/mol. The highest BCUT2D eigenvalue weighted by atomic mass is 16.6. The Bertz CT molecular complexity index is 1220. The third-order valence-electron chi connectivity index (χ3n) is 4.97. The molecule has 0 radical (unpaired) electrons. The zero-order valence-electron chi connectivity index (χ0n) is 21.1. The molecule has 188 valence electrons. The van der Waals surface area contributed by atoms with E-state index in [2.05, 4.69) is 20.9 Å². The van der Waals surface area contributed by atoms with Crippen LogP contribution in [-0.4, -0.2) is 42.6 Å². The normalized spacial score (nSPS) is 10.8. The van der Waals surface area contributed by atoms with Crippen LogP contribution in [0.25, 0.3) is 0 Å². The van der Waals surface area contributed by atoms with E-state index >= 15 is 0 Å². The van der Waals surface area contributed by atoms with E-state index in [0.717, 1.165) is 11.3 Å². The third-order valence-corrected chi connectivity index (χ3v) is 4.97. The largest absolute Gasteiger partial charge is 0.444 e. The molecule has 0 aliphatic heterocycles. The van der Waals surface area contributed by atoms with Crippen molar-refractivity contribution in [1.29, 1.82) is 0 Å². The van der Waals surface area contributed by atoms with Gasteiger partial charge in [-0.25, -0.2) is 4.79 Å². The summed E-state index contributed by atoms with van der Waals surface area (Å²) in [4.78, 5) is 43.5. The first-order valence-electron chi connectivity index (χ1n) is 11.4. The molecule has 0 aliphatic carbocycles. The minimum atomic E-state index is -0.656. The average Bonchev–Trinajstić information content (AvgIpc) is 2.83. The maximum Gasteiger partial charge on any atom is 0.412 e. The summed E-state index contributed by atoms with van der Waals surface area (Å²) in [6, 6.07) is 17.6. The van der Waals surface area contributed by atoms with Gasteiger partial charge in [-0.05, 0) is 62.7 Å². The van der Waals surface area contributed by atoms with Gasteiger partial charge < -0.3 is 20.3 Å². The highest BCUT2D eigenvalue weighted by Gasteiger charge is 2.18. The van der Waals surface area contributed by atoms with E-state index in [0.29, 0.717) is 23.5 Å². The van der Waals surface area contributed by atoms with E-state index in [1.807, 2.05) is 43.3 Å². The molecule has 1 heterocycles. The molecule has 0 saturated carbocycles. The maximum atomic E-state index is 12.7. The van der Waals surface area contributed by atoms with Crippen LogP contribution in [0.4, 0.5) is 21.9 Å². The molecule has 36 heavy (non-hydrogen) atoms. The Labute approximate surface area is 210 Å². The number of benzene rings is 2. The van der Waals surface area contributed by atoms with Crippen molar-refractivity contribution in [2.45, 2.75) is 32.9 Å². The molecule has 0 bridgehead atoms. The fraction of sp³-hybridized carbons (Fsp3) is 0.259. The van der Waals surface area contributed by atoms with Gasteiger partial charge in [-0.2, -0.15) is 0 Å². The van der Waals surface area contributed by atoms with E-state index in [-0.39, 0.29) is 11.6 Å². The molecule has 0 atom stereocenters. The lowest BCUT2D eigenvalue weighted by Gasteiger charge is -2.20. The van der Waals surface area contributed by atoms with Crippen LogP contribution in [0.5, 0.6) is 0 Å². The zero-order chi connectivity index (χ0) is 26.3. The molecule has 3 aromatic rings. The lowest BCUT2D eigenvalue weighted by molar-refractivity contribution is 0.0635. The van der Waals surface area contributed by atoms with Gasteiger partial charge in [0.05, 0.1) is 16.9 Å². The van der Waals surface area contributed by atoms with Crippen molar-refractivity contribution in [2.75, 3.05) is 29.6 Å². The molecule has 3 N–H and O–H groups in total. The van der Waals surface area contributed by atoms with Gasteiger partial charge in [-0.3, -0.25) is 19.9 Å². The van der Waals surface area contributed by atoms with Crippen LogP contribution in [-0.2, 0) is 11.3 Å². The summed E-state index contributed by atoms with van der Waals surface area (Å²) in [5, 5.41) is 8.21. The molecule has 9 nitrogen and oxygen atoms in total. The molecule has 1 aromatic heterocycles. The number of anilines is 3. The minimum absolute atomic E-state index is 0.123. The van der Waals surface area contributed by atoms with Crippen LogP contribution in [0.15, 0.2) is 66.9 Å². The Kier molecular flexibility index (Phi) is 8.26. The van der Waals surface area contributed by atoms with E-state index in [1.54, 1.807) is 45.0 Å². The van der Waals surface area contributed by atoms with Crippen molar-refractivity contribution < 1.29 is 19.1 Å². The Balaban J connectivity index is 1.59. The van der Waals surface area contributed by atoms with Gasteiger partial charge in [0.15, 0.2) is 0 Å². The standard InChI is InChI=1S/C27H31N5O4/c1-27(2,3)36-26(35)31-22-9-7-6-8-21(22)30-25(34)23-15-12-19(17-28-23)24(33)29-16-18-10-13-20(14-11-18)32(4)5/h6-15,17H,16H2,1-5H3,(H,29,33)(H,30,34)(H,31,35). The summed E-state index contributed by atoms with van der Waals surface area (Å²) in [6.07, 6.45) is 0.718. The first kappa shape index (κ1) is 26.2. The number of aromatic nitrogens is 1. The number of nitrogens with zero attached hydrogens (tertiary/aromatic N) is 2. The van der Waals surface area contributed by atoms with Crippen LogP contribution < -0.4 is 20.9 Å². The Morgan fingerprint density at radius 2 is 1.50 bits per heavy atom. The van der Waals surface area contributed by atoms with E-state index in [9.17, 15) is 14.4 Å². The van der Waals surface area contributed by atoms with E-state index < -0.39 is 17.6 Å². The molecule has 2 aromatic carbocycles. The number of pyridine rings is 1. The third kappa shape index (κ3) is 7.56. The maximum absolute atomic E-state index is 12.7. The first-order valence-corrected chi connectivity index (χ1v) is 11.4. The number of ether oxygens (including phenoxy) is 1.